The molecule has 126 valence electrons. The predicted molar refractivity (Wildman–Crippen MR) is 92.6 cm³/mol. The van der Waals surface area contributed by atoms with Gasteiger partial charge in [0, 0.05) is 31.7 Å². The van der Waals surface area contributed by atoms with E-state index in [2.05, 4.69) is 10.2 Å². The van der Waals surface area contributed by atoms with Crippen LogP contribution < -0.4 is 10.1 Å². The van der Waals surface area contributed by atoms with Crippen molar-refractivity contribution in [1.29, 1.82) is 0 Å². The summed E-state index contributed by atoms with van der Waals surface area (Å²) in [7, 11) is 0. The van der Waals surface area contributed by atoms with Gasteiger partial charge in [-0.1, -0.05) is 18.2 Å². The molecular formula is C19H22N2O3. The molecule has 0 spiro atoms. The van der Waals surface area contributed by atoms with Gasteiger partial charge in [-0.3, -0.25) is 9.69 Å². The summed E-state index contributed by atoms with van der Waals surface area (Å²) >= 11 is 0. The molecule has 1 aliphatic rings. The lowest BCUT2D eigenvalue weighted by Crippen LogP contribution is -2.41. The second-order valence-corrected chi connectivity index (χ2v) is 5.65. The third-order valence-corrected chi connectivity index (χ3v) is 3.91. The first-order valence-corrected chi connectivity index (χ1v) is 8.22. The van der Waals surface area contributed by atoms with Crippen LogP contribution in [0.15, 0.2) is 54.6 Å². The number of ether oxygens (including phenoxy) is 2. The molecule has 0 unspecified atom stereocenters. The van der Waals surface area contributed by atoms with Crippen molar-refractivity contribution < 1.29 is 14.3 Å². The van der Waals surface area contributed by atoms with Gasteiger partial charge in [-0.15, -0.1) is 0 Å². The van der Waals surface area contributed by atoms with Crippen molar-refractivity contribution >= 4 is 5.91 Å². The Morgan fingerprint density at radius 2 is 1.67 bits per heavy atom. The Kier molecular flexibility index (Phi) is 5.82. The SMILES string of the molecule is O=C(NCCN1CCOCC1)c1ccc(Oc2ccccc2)cc1. The summed E-state index contributed by atoms with van der Waals surface area (Å²) in [6, 6.07) is 16.8. The van der Waals surface area contributed by atoms with Crippen molar-refractivity contribution in [2.24, 2.45) is 0 Å². The van der Waals surface area contributed by atoms with Crippen molar-refractivity contribution in [1.82, 2.24) is 10.2 Å². The molecule has 1 N–H and O–H groups in total. The Hall–Kier alpha value is -2.37. The van der Waals surface area contributed by atoms with E-state index in [0.717, 1.165) is 38.6 Å². The smallest absolute Gasteiger partial charge is 0.251 e. The maximum absolute atomic E-state index is 12.2. The first-order valence-electron chi connectivity index (χ1n) is 8.22. The number of rotatable bonds is 6. The third-order valence-electron chi connectivity index (χ3n) is 3.91. The van der Waals surface area contributed by atoms with Gasteiger partial charge in [0.05, 0.1) is 13.2 Å². The maximum atomic E-state index is 12.2. The molecule has 3 rings (SSSR count). The molecule has 24 heavy (non-hydrogen) atoms. The van der Waals surface area contributed by atoms with Gasteiger partial charge in [-0.2, -0.15) is 0 Å². The van der Waals surface area contributed by atoms with Crippen LogP contribution in [0.25, 0.3) is 0 Å². The number of hydrogen-bond donors (Lipinski definition) is 1. The molecule has 1 heterocycles. The van der Waals surface area contributed by atoms with E-state index in [0.29, 0.717) is 17.9 Å². The number of nitrogens with one attached hydrogen (secondary N) is 1. The molecule has 0 saturated carbocycles. The van der Waals surface area contributed by atoms with Crippen molar-refractivity contribution in [3.05, 3.63) is 60.2 Å². The Morgan fingerprint density at radius 1 is 1.00 bits per heavy atom. The van der Waals surface area contributed by atoms with Crippen molar-refractivity contribution in [3.63, 3.8) is 0 Å². The number of carbonyl (C=O) groups excluding carboxylic acids is 1. The number of amides is 1. The molecule has 0 aromatic heterocycles. The van der Waals surface area contributed by atoms with Crippen LogP contribution in [0.2, 0.25) is 0 Å². The minimum absolute atomic E-state index is 0.0606. The normalized spacial score (nSPS) is 15.0. The highest BCUT2D eigenvalue weighted by molar-refractivity contribution is 5.94. The molecule has 1 fully saturated rings. The minimum Gasteiger partial charge on any atom is -0.457 e. The molecule has 5 heteroatoms. The van der Waals surface area contributed by atoms with Crippen LogP contribution in [0.1, 0.15) is 10.4 Å². The Bertz CT molecular complexity index is 637. The molecule has 0 bridgehead atoms. The second kappa shape index (κ2) is 8.47. The Morgan fingerprint density at radius 3 is 2.38 bits per heavy atom. The van der Waals surface area contributed by atoms with Crippen LogP contribution in [0.5, 0.6) is 11.5 Å². The topological polar surface area (TPSA) is 50.8 Å². The Labute approximate surface area is 142 Å². The summed E-state index contributed by atoms with van der Waals surface area (Å²) in [6.07, 6.45) is 0. The first kappa shape index (κ1) is 16.5. The van der Waals surface area contributed by atoms with Crippen LogP contribution in [0, 0.1) is 0 Å². The number of hydrogen-bond acceptors (Lipinski definition) is 4. The van der Waals surface area contributed by atoms with Gasteiger partial charge in [-0.05, 0) is 36.4 Å². The largest absolute Gasteiger partial charge is 0.457 e. The van der Waals surface area contributed by atoms with Gasteiger partial charge >= 0.3 is 0 Å². The Balaban J connectivity index is 1.46. The monoisotopic (exact) mass is 326 g/mol. The molecule has 0 aliphatic carbocycles. The zero-order valence-electron chi connectivity index (χ0n) is 13.6. The molecule has 5 nitrogen and oxygen atoms in total. The number of morpholine rings is 1. The van der Waals surface area contributed by atoms with Crippen molar-refractivity contribution in [3.8, 4) is 11.5 Å². The van der Waals surface area contributed by atoms with E-state index in [1.807, 2.05) is 42.5 Å². The number of para-hydroxylation sites is 1. The quantitative estimate of drug-likeness (QED) is 0.886. The zero-order valence-corrected chi connectivity index (χ0v) is 13.6. The van der Waals surface area contributed by atoms with E-state index in [-0.39, 0.29) is 5.91 Å². The van der Waals surface area contributed by atoms with Crippen molar-refractivity contribution in [2.45, 2.75) is 0 Å². The lowest BCUT2D eigenvalue weighted by atomic mass is 10.2. The molecule has 1 amide bonds. The average molecular weight is 326 g/mol. The molecule has 1 saturated heterocycles. The number of benzene rings is 2. The molecule has 0 atom stereocenters. The van der Waals surface area contributed by atoms with Gasteiger partial charge in [0.15, 0.2) is 0 Å². The maximum Gasteiger partial charge on any atom is 0.251 e. The van der Waals surface area contributed by atoms with E-state index >= 15 is 0 Å². The first-order chi connectivity index (χ1) is 11.8. The molecule has 1 aliphatic heterocycles. The highest BCUT2D eigenvalue weighted by atomic mass is 16.5. The predicted octanol–water partition coefficient (Wildman–Crippen LogP) is 2.54. The van der Waals surface area contributed by atoms with E-state index in [1.165, 1.54) is 0 Å². The fraction of sp³-hybridized carbons (Fsp3) is 0.316. The van der Waals surface area contributed by atoms with Crippen LogP contribution in [-0.4, -0.2) is 50.2 Å². The standard InChI is InChI=1S/C19H22N2O3/c22-19(20-10-11-21-12-14-23-15-13-21)16-6-8-18(9-7-16)24-17-4-2-1-3-5-17/h1-9H,10-15H2,(H,20,22). The van der Waals surface area contributed by atoms with Gasteiger partial charge in [0.1, 0.15) is 11.5 Å². The van der Waals surface area contributed by atoms with E-state index in [1.54, 1.807) is 12.1 Å². The van der Waals surface area contributed by atoms with Crippen molar-refractivity contribution in [2.75, 3.05) is 39.4 Å². The zero-order chi connectivity index (χ0) is 16.6. The number of nitrogens with zero attached hydrogens (tertiary/aromatic N) is 1. The minimum atomic E-state index is -0.0606. The van der Waals surface area contributed by atoms with Gasteiger partial charge in [0.2, 0.25) is 0 Å². The summed E-state index contributed by atoms with van der Waals surface area (Å²) in [4.78, 5) is 14.5. The molecular weight excluding hydrogens is 304 g/mol. The van der Waals surface area contributed by atoms with E-state index in [4.69, 9.17) is 9.47 Å². The van der Waals surface area contributed by atoms with Gasteiger partial charge in [0.25, 0.3) is 5.91 Å². The van der Waals surface area contributed by atoms with Crippen LogP contribution >= 0.6 is 0 Å². The summed E-state index contributed by atoms with van der Waals surface area (Å²) in [5.74, 6) is 1.43. The lowest BCUT2D eigenvalue weighted by Gasteiger charge is -2.26. The summed E-state index contributed by atoms with van der Waals surface area (Å²) in [6.45, 7) is 4.90. The summed E-state index contributed by atoms with van der Waals surface area (Å²) in [5, 5.41) is 2.95. The highest BCUT2D eigenvalue weighted by Crippen LogP contribution is 2.21. The molecule has 2 aromatic rings. The third kappa shape index (κ3) is 4.81. The van der Waals surface area contributed by atoms with E-state index < -0.39 is 0 Å². The summed E-state index contributed by atoms with van der Waals surface area (Å²) < 4.78 is 11.0. The van der Waals surface area contributed by atoms with Gasteiger partial charge < -0.3 is 14.8 Å². The molecule has 2 aromatic carbocycles. The average Bonchev–Trinajstić information content (AvgIpc) is 2.64. The fourth-order valence-electron chi connectivity index (χ4n) is 2.55. The van der Waals surface area contributed by atoms with Crippen LogP contribution in [0.3, 0.4) is 0 Å². The summed E-state index contributed by atoms with van der Waals surface area (Å²) in [5.41, 5.74) is 0.636. The fourth-order valence-corrected chi connectivity index (χ4v) is 2.55. The number of carbonyl (C=O) groups is 1. The highest BCUT2D eigenvalue weighted by Gasteiger charge is 2.11. The van der Waals surface area contributed by atoms with E-state index in [9.17, 15) is 4.79 Å². The second-order valence-electron chi connectivity index (χ2n) is 5.65. The van der Waals surface area contributed by atoms with Crippen LogP contribution in [-0.2, 0) is 4.74 Å². The molecule has 0 radical (unpaired) electrons. The van der Waals surface area contributed by atoms with Gasteiger partial charge in [-0.25, -0.2) is 0 Å². The van der Waals surface area contributed by atoms with Crippen LogP contribution in [0.4, 0.5) is 0 Å². The lowest BCUT2D eigenvalue weighted by molar-refractivity contribution is 0.0383.